The molecule has 0 bridgehead atoms. The molecule has 166 valence electrons. The zero-order valence-electron chi connectivity index (χ0n) is 18.3. The van der Waals surface area contributed by atoms with Gasteiger partial charge in [0.1, 0.15) is 0 Å². The van der Waals surface area contributed by atoms with Crippen LogP contribution in [0.2, 0.25) is 0 Å². The summed E-state index contributed by atoms with van der Waals surface area (Å²) in [6, 6.07) is 0. The fourth-order valence-electron chi connectivity index (χ4n) is 3.52. The zero-order chi connectivity index (χ0) is 19.7. The summed E-state index contributed by atoms with van der Waals surface area (Å²) in [6.45, 7) is 4.16. The van der Waals surface area contributed by atoms with E-state index >= 15 is 0 Å². The largest absolute Gasteiger partial charge is 0.870 e. The highest BCUT2D eigenvalue weighted by Crippen LogP contribution is 2.13. The minimum absolute atomic E-state index is 0. The summed E-state index contributed by atoms with van der Waals surface area (Å²) in [7, 11) is 0.484. The minimum Gasteiger partial charge on any atom is -0.870 e. The van der Waals surface area contributed by atoms with Crippen molar-refractivity contribution in [2.24, 2.45) is 0 Å². The van der Waals surface area contributed by atoms with Gasteiger partial charge in [0, 0.05) is 6.42 Å². The lowest BCUT2D eigenvalue weighted by molar-refractivity contribution is -0.890. The first-order valence-electron chi connectivity index (χ1n) is 11.0. The van der Waals surface area contributed by atoms with Crippen molar-refractivity contribution < 1.29 is 22.9 Å². The van der Waals surface area contributed by atoms with Gasteiger partial charge in [-0.15, -0.1) is 0 Å². The monoisotopic (exact) mass is 409 g/mol. The summed E-state index contributed by atoms with van der Waals surface area (Å²) in [5.74, 6) is -0.118. The summed E-state index contributed by atoms with van der Waals surface area (Å²) in [5, 5.41) is 0. The van der Waals surface area contributed by atoms with Gasteiger partial charge in [0.15, 0.2) is 0 Å². The summed E-state index contributed by atoms with van der Waals surface area (Å²) < 4.78 is 31.2. The molecule has 0 spiro atoms. The second-order valence-corrected chi connectivity index (χ2v) is 10.2. The van der Waals surface area contributed by atoms with Gasteiger partial charge in [0.25, 0.3) is 10.1 Å². The minimum atomic E-state index is -3.81. The van der Waals surface area contributed by atoms with Crippen molar-refractivity contribution in [3.63, 3.8) is 0 Å². The lowest BCUT2D eigenvalue weighted by Crippen LogP contribution is -2.41. The predicted octanol–water partition coefficient (Wildman–Crippen LogP) is 5.65. The average Bonchev–Trinajstić information content (AvgIpc) is 2.53. The highest BCUT2D eigenvalue weighted by molar-refractivity contribution is 7.85. The lowest BCUT2D eigenvalue weighted by atomic mass is 10.0. The normalized spacial score (nSPS) is 12.1. The van der Waals surface area contributed by atoms with Crippen LogP contribution in [0.3, 0.4) is 0 Å². The van der Waals surface area contributed by atoms with E-state index in [0.717, 1.165) is 17.6 Å². The van der Waals surface area contributed by atoms with E-state index in [1.807, 2.05) is 0 Å². The molecule has 0 rings (SSSR count). The zero-order valence-corrected chi connectivity index (χ0v) is 19.1. The number of hydrogen-bond acceptors (Lipinski definition) is 3. The molecule has 0 aliphatic heterocycles. The number of unbranched alkanes of at least 4 members (excludes halogenated alkanes) is 13. The molecule has 0 aromatic carbocycles. The summed E-state index contributed by atoms with van der Waals surface area (Å²) in [6.07, 6.45) is 19.7. The highest BCUT2D eigenvalue weighted by atomic mass is 32.2. The molecule has 2 N–H and O–H groups in total. The van der Waals surface area contributed by atoms with Crippen molar-refractivity contribution in [2.45, 2.75) is 103 Å². The summed E-state index contributed by atoms with van der Waals surface area (Å²) in [5.41, 5.74) is 0. The molecular weight excluding hydrogens is 362 g/mol. The van der Waals surface area contributed by atoms with Crippen LogP contribution in [-0.4, -0.2) is 55.9 Å². The first kappa shape index (κ1) is 29.0. The van der Waals surface area contributed by atoms with E-state index in [4.69, 9.17) is 4.55 Å². The first-order chi connectivity index (χ1) is 12.3. The maximum atomic E-state index is 10.8. The van der Waals surface area contributed by atoms with Crippen LogP contribution in [0, 0.1) is 0 Å². The third-order valence-electron chi connectivity index (χ3n) is 5.28. The van der Waals surface area contributed by atoms with Gasteiger partial charge in [-0.2, -0.15) is 8.42 Å². The van der Waals surface area contributed by atoms with Crippen LogP contribution in [0.4, 0.5) is 0 Å². The van der Waals surface area contributed by atoms with Gasteiger partial charge in [0.05, 0.1) is 32.9 Å². The molecule has 0 radical (unpaired) electrons. The molecule has 0 atom stereocenters. The Labute approximate surface area is 169 Å². The van der Waals surface area contributed by atoms with Gasteiger partial charge in [-0.1, -0.05) is 84.0 Å². The molecule has 0 amide bonds. The number of quaternary nitrogens is 1. The Morgan fingerprint density at radius 3 is 1.33 bits per heavy atom. The highest BCUT2D eigenvalue weighted by Gasteiger charge is 2.16. The smallest absolute Gasteiger partial charge is 0.265 e. The van der Waals surface area contributed by atoms with E-state index in [1.165, 1.54) is 89.9 Å². The molecule has 5 nitrogen and oxygen atoms in total. The lowest BCUT2D eigenvalue weighted by Gasteiger charge is -2.29. The van der Waals surface area contributed by atoms with Crippen molar-refractivity contribution >= 4 is 10.1 Å². The van der Waals surface area contributed by atoms with Crippen molar-refractivity contribution in [1.29, 1.82) is 0 Å². The van der Waals surface area contributed by atoms with E-state index in [1.54, 1.807) is 0 Å². The Morgan fingerprint density at radius 2 is 0.963 bits per heavy atom. The first-order valence-corrected chi connectivity index (χ1v) is 12.6. The molecule has 0 heterocycles. The molecular formula is C21H47NO4S. The molecule has 0 saturated carbocycles. The SMILES string of the molecule is CCCCCCCCCCCCCCCC[N+](C)(C)CCCS(=O)(=O)O.[OH-]. The van der Waals surface area contributed by atoms with Gasteiger partial charge in [-0.05, 0) is 12.8 Å². The maximum absolute atomic E-state index is 10.8. The Kier molecular flexibility index (Phi) is 19.2. The third kappa shape index (κ3) is 23.8. The van der Waals surface area contributed by atoms with Gasteiger partial charge in [-0.25, -0.2) is 0 Å². The van der Waals surface area contributed by atoms with E-state index in [0.29, 0.717) is 6.42 Å². The molecule has 0 aromatic heterocycles. The molecule has 0 aliphatic rings. The molecule has 0 aromatic rings. The van der Waals surface area contributed by atoms with Crippen LogP contribution >= 0.6 is 0 Å². The van der Waals surface area contributed by atoms with Gasteiger partial charge >= 0.3 is 0 Å². The van der Waals surface area contributed by atoms with E-state index < -0.39 is 10.1 Å². The summed E-state index contributed by atoms with van der Waals surface area (Å²) in [4.78, 5) is 0. The number of rotatable bonds is 19. The van der Waals surface area contributed by atoms with E-state index in [2.05, 4.69) is 21.0 Å². The van der Waals surface area contributed by atoms with E-state index in [9.17, 15) is 8.42 Å². The number of nitrogens with zero attached hydrogens (tertiary/aromatic N) is 1. The second-order valence-electron chi connectivity index (χ2n) is 8.62. The van der Waals surface area contributed by atoms with Crippen molar-refractivity contribution in [3.8, 4) is 0 Å². The van der Waals surface area contributed by atoms with Crippen LogP contribution in [0.15, 0.2) is 0 Å². The molecule has 0 fully saturated rings. The summed E-state index contributed by atoms with van der Waals surface area (Å²) >= 11 is 0. The van der Waals surface area contributed by atoms with Gasteiger partial charge in [0.2, 0.25) is 0 Å². The molecule has 6 heteroatoms. The topological polar surface area (TPSA) is 84.4 Å². The Bertz CT molecular complexity index is 410. The Hall–Kier alpha value is -0.170. The van der Waals surface area contributed by atoms with Crippen LogP contribution in [0.5, 0.6) is 0 Å². The standard InChI is InChI=1S/C21H45NO3S.H2O/c1-4-5-6-7-8-9-10-11-12-13-14-15-16-17-19-22(2,3)20-18-21-26(23,24)25;/h4-21H2,1-3H3;1H2. The Balaban J connectivity index is 0. The predicted molar refractivity (Wildman–Crippen MR) is 115 cm³/mol. The van der Waals surface area contributed by atoms with Gasteiger partial charge in [-0.3, -0.25) is 4.55 Å². The fraction of sp³-hybridized carbons (Fsp3) is 1.00. The second kappa shape index (κ2) is 17.9. The maximum Gasteiger partial charge on any atom is 0.265 e. The fourth-order valence-corrected chi connectivity index (χ4v) is 4.02. The Morgan fingerprint density at radius 1 is 0.630 bits per heavy atom. The van der Waals surface area contributed by atoms with Crippen LogP contribution < -0.4 is 0 Å². The van der Waals surface area contributed by atoms with Crippen LogP contribution in [0.25, 0.3) is 0 Å². The third-order valence-corrected chi connectivity index (χ3v) is 6.09. The molecule has 27 heavy (non-hydrogen) atoms. The van der Waals surface area contributed by atoms with Crippen LogP contribution in [0.1, 0.15) is 103 Å². The van der Waals surface area contributed by atoms with Crippen molar-refractivity contribution in [3.05, 3.63) is 0 Å². The van der Waals surface area contributed by atoms with Crippen LogP contribution in [-0.2, 0) is 10.1 Å². The van der Waals surface area contributed by atoms with E-state index in [-0.39, 0.29) is 11.2 Å². The number of hydrogen-bond donors (Lipinski definition) is 1. The molecule has 0 aliphatic carbocycles. The van der Waals surface area contributed by atoms with Crippen molar-refractivity contribution in [1.82, 2.24) is 0 Å². The average molecular weight is 410 g/mol. The molecule has 0 saturated heterocycles. The quantitative estimate of drug-likeness (QED) is 0.170. The molecule has 0 unspecified atom stereocenters. The van der Waals surface area contributed by atoms with Crippen molar-refractivity contribution in [2.75, 3.05) is 32.9 Å². The van der Waals surface area contributed by atoms with Gasteiger partial charge < -0.3 is 9.96 Å².